The average molecular weight is 490 g/mol. The number of hydrogen-bond donors (Lipinski definition) is 1. The molecular formula is C28H39N7O. The summed E-state index contributed by atoms with van der Waals surface area (Å²) in [4.78, 5) is 22.0. The first-order chi connectivity index (χ1) is 17.6. The second kappa shape index (κ2) is 10.1. The molecule has 8 nitrogen and oxygen atoms in total. The number of aromatic nitrogens is 5. The summed E-state index contributed by atoms with van der Waals surface area (Å²) in [6, 6.07) is 7.13. The Hall–Kier alpha value is -2.58. The molecule has 2 saturated carbocycles. The van der Waals surface area contributed by atoms with E-state index in [1.165, 1.54) is 50.5 Å². The van der Waals surface area contributed by atoms with Crippen LogP contribution in [0, 0.1) is 13.8 Å². The Morgan fingerprint density at radius 2 is 1.56 bits per heavy atom. The van der Waals surface area contributed by atoms with Crippen molar-refractivity contribution in [3.05, 3.63) is 51.1 Å². The molecule has 2 aromatic heterocycles. The fourth-order valence-corrected chi connectivity index (χ4v) is 6.89. The van der Waals surface area contributed by atoms with Gasteiger partial charge in [0.15, 0.2) is 5.82 Å². The molecule has 192 valence electrons. The van der Waals surface area contributed by atoms with Crippen LogP contribution in [0.2, 0.25) is 0 Å². The minimum absolute atomic E-state index is 0.0307. The van der Waals surface area contributed by atoms with Crippen LogP contribution in [-0.2, 0) is 0 Å². The molecule has 3 heterocycles. The van der Waals surface area contributed by atoms with Crippen LogP contribution in [0.3, 0.4) is 0 Å². The van der Waals surface area contributed by atoms with E-state index in [1.54, 1.807) is 0 Å². The predicted molar refractivity (Wildman–Crippen MR) is 141 cm³/mol. The highest BCUT2D eigenvalue weighted by Crippen LogP contribution is 2.35. The highest BCUT2D eigenvalue weighted by molar-refractivity contribution is 5.85. The van der Waals surface area contributed by atoms with E-state index in [-0.39, 0.29) is 11.6 Å². The zero-order valence-corrected chi connectivity index (χ0v) is 21.7. The molecular weight excluding hydrogens is 450 g/mol. The number of nitrogens with one attached hydrogen (secondary N) is 1. The summed E-state index contributed by atoms with van der Waals surface area (Å²) in [6.45, 7) is 8.09. The smallest absolute Gasteiger partial charge is 0.253 e. The van der Waals surface area contributed by atoms with Gasteiger partial charge in [0.1, 0.15) is 6.04 Å². The number of nitrogens with zero attached hydrogens (tertiary/aromatic N) is 6. The Morgan fingerprint density at radius 1 is 0.889 bits per heavy atom. The van der Waals surface area contributed by atoms with E-state index in [2.05, 4.69) is 62.4 Å². The number of benzene rings is 1. The van der Waals surface area contributed by atoms with E-state index in [9.17, 15) is 4.79 Å². The number of piperazine rings is 1. The summed E-state index contributed by atoms with van der Waals surface area (Å²) in [7, 11) is 0. The van der Waals surface area contributed by atoms with Gasteiger partial charge in [-0.05, 0) is 67.2 Å². The molecule has 36 heavy (non-hydrogen) atoms. The highest BCUT2D eigenvalue weighted by atomic mass is 16.1. The van der Waals surface area contributed by atoms with Crippen molar-refractivity contribution in [3.8, 4) is 0 Å². The van der Waals surface area contributed by atoms with Gasteiger partial charge in [0.25, 0.3) is 5.56 Å². The van der Waals surface area contributed by atoms with Gasteiger partial charge in [0, 0.05) is 43.2 Å². The Bertz CT molecular complexity index is 1260. The molecule has 0 radical (unpaired) electrons. The van der Waals surface area contributed by atoms with E-state index in [1.807, 2.05) is 4.68 Å². The van der Waals surface area contributed by atoms with Crippen LogP contribution in [-0.4, -0.2) is 67.2 Å². The Kier molecular flexibility index (Phi) is 6.65. The van der Waals surface area contributed by atoms with Crippen molar-refractivity contribution in [3.63, 3.8) is 0 Å². The third-order valence-corrected chi connectivity index (χ3v) is 9.01. The Labute approximate surface area is 213 Å². The number of tetrazole rings is 1. The van der Waals surface area contributed by atoms with Gasteiger partial charge < -0.3 is 4.98 Å². The third-order valence-electron chi connectivity index (χ3n) is 9.01. The molecule has 3 aromatic rings. The van der Waals surface area contributed by atoms with Gasteiger partial charge in [0.2, 0.25) is 0 Å². The topological polar surface area (TPSA) is 82.9 Å². The van der Waals surface area contributed by atoms with Crippen LogP contribution in [0.1, 0.15) is 92.4 Å². The van der Waals surface area contributed by atoms with Gasteiger partial charge in [-0.2, -0.15) is 0 Å². The maximum absolute atomic E-state index is 13.6. The van der Waals surface area contributed by atoms with Gasteiger partial charge in [-0.15, -0.1) is 5.10 Å². The maximum atomic E-state index is 13.6. The summed E-state index contributed by atoms with van der Waals surface area (Å²) in [5.74, 6) is 0.822. The highest BCUT2D eigenvalue weighted by Gasteiger charge is 2.36. The van der Waals surface area contributed by atoms with Crippen LogP contribution in [0.25, 0.3) is 10.9 Å². The normalized spacial score (nSPS) is 21.9. The van der Waals surface area contributed by atoms with Crippen molar-refractivity contribution in [2.75, 3.05) is 26.2 Å². The fraction of sp³-hybridized carbons (Fsp3) is 0.643. The summed E-state index contributed by atoms with van der Waals surface area (Å²) >= 11 is 0. The average Bonchev–Trinajstić information content (AvgIpc) is 3.61. The second-order valence-electron chi connectivity index (χ2n) is 11.2. The first-order valence-electron chi connectivity index (χ1n) is 14.0. The lowest BCUT2D eigenvalue weighted by atomic mass is 9.93. The fourth-order valence-electron chi connectivity index (χ4n) is 6.89. The molecule has 8 heteroatoms. The molecule has 1 aliphatic heterocycles. The minimum atomic E-state index is -0.248. The number of aromatic amines is 1. The standard InChI is InChI=1S/C28H39N7O/c1-19-12-13-20(2)25-23(19)18-24(28(36)29-25)26(27-30-31-32-35(27)22-10-6-7-11-22)34-16-14-33(15-17-34)21-8-4-3-5-9-21/h12-13,18,21-22,26H,3-11,14-17H2,1-2H3,(H,29,36)/t26-/m0/s1. The lowest BCUT2D eigenvalue weighted by Crippen LogP contribution is -2.52. The molecule has 3 aliphatic rings. The van der Waals surface area contributed by atoms with Crippen LogP contribution < -0.4 is 5.56 Å². The number of hydrogen-bond acceptors (Lipinski definition) is 6. The van der Waals surface area contributed by atoms with E-state index < -0.39 is 0 Å². The van der Waals surface area contributed by atoms with E-state index >= 15 is 0 Å². The van der Waals surface area contributed by atoms with Crippen molar-refractivity contribution in [1.82, 2.24) is 35.0 Å². The molecule has 1 N–H and O–H groups in total. The molecule has 0 bridgehead atoms. The first-order valence-corrected chi connectivity index (χ1v) is 14.0. The van der Waals surface area contributed by atoms with Gasteiger partial charge in [0.05, 0.1) is 11.6 Å². The van der Waals surface area contributed by atoms with Crippen LogP contribution >= 0.6 is 0 Å². The zero-order valence-electron chi connectivity index (χ0n) is 21.7. The van der Waals surface area contributed by atoms with Crippen molar-refractivity contribution < 1.29 is 0 Å². The van der Waals surface area contributed by atoms with Gasteiger partial charge in [-0.1, -0.05) is 44.2 Å². The molecule has 6 rings (SSSR count). The van der Waals surface area contributed by atoms with Crippen molar-refractivity contribution >= 4 is 10.9 Å². The lowest BCUT2D eigenvalue weighted by Gasteiger charge is -2.43. The van der Waals surface area contributed by atoms with E-state index in [0.29, 0.717) is 6.04 Å². The molecule has 3 fully saturated rings. The van der Waals surface area contributed by atoms with E-state index in [4.69, 9.17) is 0 Å². The predicted octanol–water partition coefficient (Wildman–Crippen LogP) is 4.29. The molecule has 2 aliphatic carbocycles. The van der Waals surface area contributed by atoms with Crippen molar-refractivity contribution in [1.29, 1.82) is 0 Å². The number of pyridine rings is 1. The molecule has 1 aromatic carbocycles. The molecule has 0 spiro atoms. The summed E-state index contributed by atoms with van der Waals surface area (Å²) in [5, 5.41) is 14.3. The zero-order chi connectivity index (χ0) is 24.6. The van der Waals surface area contributed by atoms with Gasteiger partial charge in [-0.3, -0.25) is 14.6 Å². The molecule has 1 atom stereocenters. The quantitative estimate of drug-likeness (QED) is 0.576. The molecule has 0 unspecified atom stereocenters. The Balaban J connectivity index is 1.39. The summed E-state index contributed by atoms with van der Waals surface area (Å²) < 4.78 is 2.04. The largest absolute Gasteiger partial charge is 0.321 e. The first kappa shape index (κ1) is 23.8. The third kappa shape index (κ3) is 4.39. The number of rotatable bonds is 5. The monoisotopic (exact) mass is 489 g/mol. The molecule has 1 saturated heterocycles. The maximum Gasteiger partial charge on any atom is 0.253 e. The van der Waals surface area contributed by atoms with Gasteiger partial charge >= 0.3 is 0 Å². The number of aryl methyl sites for hydroxylation is 2. The van der Waals surface area contributed by atoms with Crippen LogP contribution in [0.15, 0.2) is 23.0 Å². The molecule has 0 amide bonds. The van der Waals surface area contributed by atoms with E-state index in [0.717, 1.165) is 72.9 Å². The van der Waals surface area contributed by atoms with Crippen molar-refractivity contribution in [2.24, 2.45) is 0 Å². The van der Waals surface area contributed by atoms with Gasteiger partial charge in [-0.25, -0.2) is 4.68 Å². The second-order valence-corrected chi connectivity index (χ2v) is 11.2. The SMILES string of the molecule is Cc1ccc(C)c2[nH]c(=O)c([C@@H](c3nnnn3C3CCCC3)N3CCN(C4CCCCC4)CC3)cc12. The summed E-state index contributed by atoms with van der Waals surface area (Å²) in [5.41, 5.74) is 3.92. The number of H-pyrrole nitrogens is 1. The lowest BCUT2D eigenvalue weighted by molar-refractivity contribution is 0.0613. The van der Waals surface area contributed by atoms with Crippen LogP contribution in [0.4, 0.5) is 0 Å². The van der Waals surface area contributed by atoms with Crippen LogP contribution in [0.5, 0.6) is 0 Å². The van der Waals surface area contributed by atoms with Crippen molar-refractivity contribution in [2.45, 2.75) is 89.8 Å². The minimum Gasteiger partial charge on any atom is -0.321 e. The summed E-state index contributed by atoms with van der Waals surface area (Å²) in [6.07, 6.45) is 11.4. The number of fused-ring (bicyclic) bond motifs is 1. The Morgan fingerprint density at radius 3 is 2.31 bits per heavy atom.